The zero-order valence-electron chi connectivity index (χ0n) is 12.0. The molecule has 0 radical (unpaired) electrons. The molecule has 1 heterocycles. The van der Waals surface area contributed by atoms with E-state index in [1.807, 2.05) is 24.3 Å². The van der Waals surface area contributed by atoms with Crippen LogP contribution in [0.2, 0.25) is 0 Å². The van der Waals surface area contributed by atoms with Gasteiger partial charge in [0.1, 0.15) is 0 Å². The van der Waals surface area contributed by atoms with Crippen LogP contribution >= 0.6 is 0 Å². The van der Waals surface area contributed by atoms with Gasteiger partial charge < -0.3 is 20.1 Å². The molecule has 1 aliphatic heterocycles. The molecular weight excluding hydrogens is 256 g/mol. The monoisotopic (exact) mass is 278 g/mol. The van der Waals surface area contributed by atoms with E-state index in [2.05, 4.69) is 24.5 Å². The summed E-state index contributed by atoms with van der Waals surface area (Å²) in [6, 6.07) is 7.89. The normalized spacial score (nSPS) is 17.1. The van der Waals surface area contributed by atoms with Crippen LogP contribution in [0.15, 0.2) is 24.3 Å². The Morgan fingerprint density at radius 1 is 1.30 bits per heavy atom. The summed E-state index contributed by atoms with van der Waals surface area (Å²) < 4.78 is 10.8. The molecule has 1 fully saturated rings. The molecule has 5 heteroatoms. The van der Waals surface area contributed by atoms with Crippen LogP contribution in [0.5, 0.6) is 0 Å². The molecule has 1 aromatic rings. The van der Waals surface area contributed by atoms with E-state index in [9.17, 15) is 4.79 Å². The predicted molar refractivity (Wildman–Crippen MR) is 77.5 cm³/mol. The molecule has 0 spiro atoms. The quantitative estimate of drug-likeness (QED) is 0.836. The third-order valence-corrected chi connectivity index (χ3v) is 3.31. The van der Waals surface area contributed by atoms with Crippen molar-refractivity contribution in [2.75, 3.05) is 25.1 Å². The molecule has 1 aromatic carbocycles. The number of benzene rings is 1. The fourth-order valence-electron chi connectivity index (χ4n) is 1.89. The second kappa shape index (κ2) is 7.38. The van der Waals surface area contributed by atoms with E-state index < -0.39 is 0 Å². The number of hydrogen-bond acceptors (Lipinski definition) is 4. The summed E-state index contributed by atoms with van der Waals surface area (Å²) in [6.07, 6.45) is 0.732. The van der Waals surface area contributed by atoms with Gasteiger partial charge in [0.2, 0.25) is 5.91 Å². The highest BCUT2D eigenvalue weighted by atomic mass is 16.7. The van der Waals surface area contributed by atoms with Crippen molar-refractivity contribution in [2.24, 2.45) is 0 Å². The molecule has 5 nitrogen and oxygen atoms in total. The lowest BCUT2D eigenvalue weighted by atomic mass is 10.2. The van der Waals surface area contributed by atoms with Crippen LogP contribution in [0.3, 0.4) is 0 Å². The minimum Gasteiger partial charge on any atom is -0.346 e. The highest BCUT2D eigenvalue weighted by Crippen LogP contribution is 2.24. The van der Waals surface area contributed by atoms with Crippen molar-refractivity contribution < 1.29 is 14.3 Å². The lowest BCUT2D eigenvalue weighted by molar-refractivity contribution is -0.115. The molecule has 1 saturated heterocycles. The van der Waals surface area contributed by atoms with Gasteiger partial charge in [0.05, 0.1) is 19.8 Å². The Morgan fingerprint density at radius 3 is 2.55 bits per heavy atom. The van der Waals surface area contributed by atoms with Gasteiger partial charge in [0.25, 0.3) is 0 Å². The number of carbonyl (C=O) groups excluding carboxylic acids is 1. The van der Waals surface area contributed by atoms with Crippen LogP contribution < -0.4 is 10.6 Å². The van der Waals surface area contributed by atoms with E-state index in [-0.39, 0.29) is 12.2 Å². The fraction of sp³-hybridized carbons (Fsp3) is 0.533. The third-order valence-electron chi connectivity index (χ3n) is 3.31. The minimum atomic E-state index is -0.271. The van der Waals surface area contributed by atoms with Gasteiger partial charge in [0.15, 0.2) is 6.29 Å². The summed E-state index contributed by atoms with van der Waals surface area (Å²) in [5.74, 6) is -0.0357. The van der Waals surface area contributed by atoms with Crippen LogP contribution in [-0.4, -0.2) is 31.7 Å². The van der Waals surface area contributed by atoms with Gasteiger partial charge in [-0.2, -0.15) is 0 Å². The molecule has 1 unspecified atom stereocenters. The number of ether oxygens (including phenoxy) is 2. The molecule has 0 saturated carbocycles. The molecule has 1 aliphatic rings. The SMILES string of the molecule is CCC(C)NCC(=O)Nc1ccc(C2OCCO2)cc1. The number of hydrogen-bond donors (Lipinski definition) is 2. The summed E-state index contributed by atoms with van der Waals surface area (Å²) in [4.78, 5) is 11.8. The van der Waals surface area contributed by atoms with Crippen LogP contribution in [0.4, 0.5) is 5.69 Å². The summed E-state index contributed by atoms with van der Waals surface area (Å²) >= 11 is 0. The van der Waals surface area contributed by atoms with E-state index in [0.717, 1.165) is 17.7 Å². The number of anilines is 1. The van der Waals surface area contributed by atoms with Crippen molar-refractivity contribution in [1.82, 2.24) is 5.32 Å². The van der Waals surface area contributed by atoms with Crippen molar-refractivity contribution in [3.05, 3.63) is 29.8 Å². The van der Waals surface area contributed by atoms with Gasteiger partial charge in [-0.3, -0.25) is 4.79 Å². The molecular formula is C15H22N2O3. The standard InChI is InChI=1S/C15H22N2O3/c1-3-11(2)16-10-14(18)17-13-6-4-12(5-7-13)15-19-8-9-20-15/h4-7,11,15-16H,3,8-10H2,1-2H3,(H,17,18). The maximum atomic E-state index is 11.8. The maximum Gasteiger partial charge on any atom is 0.238 e. The van der Waals surface area contributed by atoms with Crippen molar-refractivity contribution in [3.8, 4) is 0 Å². The highest BCUT2D eigenvalue weighted by Gasteiger charge is 2.17. The van der Waals surface area contributed by atoms with Crippen molar-refractivity contribution in [1.29, 1.82) is 0 Å². The van der Waals surface area contributed by atoms with E-state index in [1.54, 1.807) is 0 Å². The fourth-order valence-corrected chi connectivity index (χ4v) is 1.89. The predicted octanol–water partition coefficient (Wildman–Crippen LogP) is 2.06. The number of nitrogens with one attached hydrogen (secondary N) is 2. The average molecular weight is 278 g/mol. The molecule has 2 rings (SSSR count). The molecule has 20 heavy (non-hydrogen) atoms. The molecule has 1 atom stereocenters. The molecule has 1 amide bonds. The van der Waals surface area contributed by atoms with Gasteiger partial charge in [-0.15, -0.1) is 0 Å². The molecule has 110 valence electrons. The molecule has 2 N–H and O–H groups in total. The Balaban J connectivity index is 1.82. The highest BCUT2D eigenvalue weighted by molar-refractivity contribution is 5.92. The molecule has 0 bridgehead atoms. The minimum absolute atomic E-state index is 0.0357. The average Bonchev–Trinajstić information content (AvgIpc) is 2.99. The van der Waals surface area contributed by atoms with Crippen molar-refractivity contribution in [3.63, 3.8) is 0 Å². The maximum absolute atomic E-state index is 11.8. The summed E-state index contributed by atoms with van der Waals surface area (Å²) in [5, 5.41) is 6.01. The number of carbonyl (C=O) groups is 1. The Morgan fingerprint density at radius 2 is 1.95 bits per heavy atom. The second-order valence-corrected chi connectivity index (χ2v) is 4.93. The van der Waals surface area contributed by atoms with Crippen molar-refractivity contribution >= 4 is 11.6 Å². The summed E-state index contributed by atoms with van der Waals surface area (Å²) in [6.45, 7) is 5.73. The first-order valence-electron chi connectivity index (χ1n) is 7.05. The van der Waals surface area contributed by atoms with E-state index in [1.165, 1.54) is 0 Å². The number of rotatable bonds is 6. The first-order chi connectivity index (χ1) is 9.69. The third kappa shape index (κ3) is 4.30. The molecule has 0 aromatic heterocycles. The van der Waals surface area contributed by atoms with Crippen molar-refractivity contribution in [2.45, 2.75) is 32.6 Å². The molecule has 0 aliphatic carbocycles. The zero-order valence-corrected chi connectivity index (χ0v) is 12.0. The van der Waals surface area contributed by atoms with Crippen LogP contribution in [0.25, 0.3) is 0 Å². The first-order valence-corrected chi connectivity index (χ1v) is 7.05. The zero-order chi connectivity index (χ0) is 14.4. The van der Waals surface area contributed by atoms with Gasteiger partial charge in [0, 0.05) is 17.3 Å². The lowest BCUT2D eigenvalue weighted by Gasteiger charge is -2.12. The smallest absolute Gasteiger partial charge is 0.238 e. The Labute approximate surface area is 119 Å². The van der Waals surface area contributed by atoms with E-state index in [4.69, 9.17) is 9.47 Å². The van der Waals surface area contributed by atoms with Crippen LogP contribution in [-0.2, 0) is 14.3 Å². The van der Waals surface area contributed by atoms with Crippen LogP contribution in [0, 0.1) is 0 Å². The first kappa shape index (κ1) is 15.0. The van der Waals surface area contributed by atoms with Gasteiger partial charge in [-0.25, -0.2) is 0 Å². The van der Waals surface area contributed by atoms with Gasteiger partial charge in [-0.1, -0.05) is 19.1 Å². The second-order valence-electron chi connectivity index (χ2n) is 4.93. The number of amides is 1. The Kier molecular flexibility index (Phi) is 5.52. The lowest BCUT2D eigenvalue weighted by Crippen LogP contribution is -2.33. The largest absolute Gasteiger partial charge is 0.346 e. The van der Waals surface area contributed by atoms with Gasteiger partial charge >= 0.3 is 0 Å². The Bertz CT molecular complexity index is 427. The Hall–Kier alpha value is -1.43. The van der Waals surface area contributed by atoms with E-state index >= 15 is 0 Å². The van der Waals surface area contributed by atoms with Gasteiger partial charge in [-0.05, 0) is 25.5 Å². The van der Waals surface area contributed by atoms with Crippen LogP contribution in [0.1, 0.15) is 32.1 Å². The summed E-state index contributed by atoms with van der Waals surface area (Å²) in [5.41, 5.74) is 1.75. The summed E-state index contributed by atoms with van der Waals surface area (Å²) in [7, 11) is 0. The topological polar surface area (TPSA) is 59.6 Å². The van der Waals surface area contributed by atoms with E-state index in [0.29, 0.717) is 25.8 Å².